The van der Waals surface area contributed by atoms with Gasteiger partial charge >= 0.3 is 18.1 Å². The molecule has 4 atom stereocenters. The number of imide groups is 1. The van der Waals surface area contributed by atoms with Crippen LogP contribution in [0.2, 0.25) is 0 Å². The van der Waals surface area contributed by atoms with E-state index in [0.29, 0.717) is 93.9 Å². The number of unbranched alkanes of at least 4 members (excludes halogenated alkanes) is 2. The van der Waals surface area contributed by atoms with Gasteiger partial charge in [0, 0.05) is 109 Å². The average molecular weight is 1450 g/mol. The number of hydrogen-bond acceptors (Lipinski definition) is 18. The molecule has 4 fully saturated rings. The number of primary amides is 1. The van der Waals surface area contributed by atoms with Gasteiger partial charge in [-0.05, 0) is 153 Å². The SMILES string of the molecule is Cc1c(-c2ccc(-c3cnc4cccc(C(=O)Nc5nc6ccccc6s5)c4c3)nc2C(=O)O)cnn1CC12CC3(C)CC(C)(C1)CC(OCCN(CCS(=O)(=O)O)C(=O)OCc1ccc(NC(=O)[C@H](CCCNC(N)=O)CC(=O)[C@@H](NC(=O)CCCCCN4C(=O)C=CC4=O)C(C)C)cc1)(C3)C2. The molecule has 27 nitrogen and oxygen atoms in total. The van der Waals surface area contributed by atoms with E-state index in [9.17, 15) is 61.2 Å². The summed E-state index contributed by atoms with van der Waals surface area (Å²) in [6, 6.07) is 22.8. The molecule has 7 aromatic rings. The number of benzene rings is 3. The fourth-order valence-electron chi connectivity index (χ4n) is 16.5. The second-order valence-corrected chi connectivity index (χ2v) is 31.6. The topological polar surface area (TPSA) is 384 Å². The number of carboxylic acids is 1. The number of nitrogens with two attached hydrogens (primary N) is 1. The number of hydrogen-bond donors (Lipinski definition) is 7. The Labute approximate surface area is 599 Å². The molecule has 29 heteroatoms. The summed E-state index contributed by atoms with van der Waals surface area (Å²) < 4.78 is 49.6. The first kappa shape index (κ1) is 74.4. The summed E-state index contributed by atoms with van der Waals surface area (Å²) in [5.74, 6) is -5.53. The molecule has 0 radical (unpaired) electrons. The van der Waals surface area contributed by atoms with E-state index < -0.39 is 64.0 Å². The van der Waals surface area contributed by atoms with Crippen LogP contribution in [0.15, 0.2) is 109 Å². The lowest BCUT2D eigenvalue weighted by Crippen LogP contribution is -2.64. The highest BCUT2D eigenvalue weighted by atomic mass is 32.2. The number of aromatic carboxylic acids is 1. The highest BCUT2D eigenvalue weighted by Gasteiger charge is 2.66. The van der Waals surface area contributed by atoms with Crippen molar-refractivity contribution < 1.29 is 70.7 Å². The Kier molecular flexibility index (Phi) is 22.4. The predicted molar refractivity (Wildman–Crippen MR) is 385 cm³/mol. The zero-order valence-corrected chi connectivity index (χ0v) is 59.8. The van der Waals surface area contributed by atoms with E-state index in [1.54, 1.807) is 86.9 Å². The number of aromatic nitrogens is 5. The average Bonchev–Trinajstić information content (AvgIpc) is 0.895. The minimum absolute atomic E-state index is 0.0234. The fraction of sp³-hybridized carbons (Fsp3) is 0.446. The Balaban J connectivity index is 0.707. The first-order chi connectivity index (χ1) is 49.0. The number of anilines is 2. The molecule has 4 aromatic heterocycles. The van der Waals surface area contributed by atoms with Crippen LogP contribution in [-0.2, 0) is 56.7 Å². The van der Waals surface area contributed by atoms with Gasteiger partial charge in [-0.25, -0.2) is 24.4 Å². The van der Waals surface area contributed by atoms with Crippen LogP contribution in [0, 0.1) is 35.0 Å². The van der Waals surface area contributed by atoms with Gasteiger partial charge < -0.3 is 41.2 Å². The number of pyridine rings is 2. The number of Topliss-reactive ketones (excluding diaryl/α,β-unsaturated/α-hetero) is 1. The van der Waals surface area contributed by atoms with Crippen molar-refractivity contribution in [3.8, 4) is 22.4 Å². The molecule has 8 amide bonds. The summed E-state index contributed by atoms with van der Waals surface area (Å²) >= 11 is 1.36. The molecule has 4 saturated carbocycles. The quantitative estimate of drug-likeness (QED) is 0.0114. The minimum atomic E-state index is -4.51. The third-order valence-electron chi connectivity index (χ3n) is 20.0. The van der Waals surface area contributed by atoms with E-state index in [1.165, 1.54) is 28.4 Å². The Morgan fingerprint density at radius 3 is 2.23 bits per heavy atom. The minimum Gasteiger partial charge on any atom is -0.476 e. The number of ether oxygens (including phenoxy) is 2. The molecule has 4 bridgehead atoms. The largest absolute Gasteiger partial charge is 0.476 e. The van der Waals surface area contributed by atoms with Gasteiger partial charge in [0.15, 0.2) is 16.6 Å². The van der Waals surface area contributed by atoms with Gasteiger partial charge in [-0.15, -0.1) is 0 Å². The number of urea groups is 1. The normalized spacial score (nSPS) is 20.3. The molecular weight excluding hydrogens is 1360 g/mol. The number of amides is 8. The van der Waals surface area contributed by atoms with E-state index in [-0.39, 0.29) is 109 Å². The highest BCUT2D eigenvalue weighted by molar-refractivity contribution is 7.85. The third kappa shape index (κ3) is 18.2. The fourth-order valence-corrected chi connectivity index (χ4v) is 17.8. The molecule has 8 N–H and O–H groups in total. The lowest BCUT2D eigenvalue weighted by atomic mass is 9.39. The van der Waals surface area contributed by atoms with Gasteiger partial charge in [-0.3, -0.25) is 53.2 Å². The second-order valence-electron chi connectivity index (χ2n) is 29.0. The van der Waals surface area contributed by atoms with E-state index >= 15 is 0 Å². The Morgan fingerprint density at radius 1 is 0.806 bits per heavy atom. The third-order valence-corrected chi connectivity index (χ3v) is 21.7. The van der Waals surface area contributed by atoms with Crippen LogP contribution < -0.4 is 27.0 Å². The molecule has 544 valence electrons. The molecule has 4 aliphatic carbocycles. The van der Waals surface area contributed by atoms with E-state index in [4.69, 9.17) is 20.3 Å². The molecule has 0 saturated heterocycles. The molecule has 1 aliphatic heterocycles. The number of ketones is 1. The lowest BCUT2D eigenvalue weighted by molar-refractivity contribution is -0.248. The molecule has 0 spiro atoms. The van der Waals surface area contributed by atoms with Crippen molar-refractivity contribution in [3.05, 3.63) is 132 Å². The summed E-state index contributed by atoms with van der Waals surface area (Å²) in [4.78, 5) is 133. The van der Waals surface area contributed by atoms with Crippen LogP contribution in [0.3, 0.4) is 0 Å². The standard InChI is InChI=1S/C74H86N12O15S2/c1-45(2)63(82-60(88)18-7-6-10-28-85-61(89)25-26-62(85)90)58(87)34-48(13-12-27-76-68(75)95)65(91)79-50-21-19-47(20-22-50)37-100-70(96)84(30-32-103(97,98)99)29-31-101-74-41-71(4)38-72(5,42-74)40-73(39-71,43-74)44-86-46(3)54(36-78-86)51-23-24-55(80-64(51)67(93)94)49-33-53-52(14-11-16-56(53)77-35-49)66(92)83-69-81-57-15-8-9-17-59(57)102-69/h8-9,11,14-17,19-26,33,35-36,45,48,63H,6-7,10,12-13,18,27-32,34,37-44H2,1-5H3,(H,79,91)(H,82,88)(H,93,94)(H3,75,76,95)(H,81,83,92)(H,97,98,99)/t48-,63+,71?,72?,73?,74?/m1/s1. The maximum Gasteiger partial charge on any atom is 0.410 e. The van der Waals surface area contributed by atoms with Gasteiger partial charge in [0.05, 0.1) is 51.6 Å². The summed E-state index contributed by atoms with van der Waals surface area (Å²) in [7, 11) is -4.51. The first-order valence-electron chi connectivity index (χ1n) is 34.6. The number of carbonyl (C=O) groups excluding carboxylic acids is 8. The van der Waals surface area contributed by atoms with Gasteiger partial charge in [-0.2, -0.15) is 13.5 Å². The van der Waals surface area contributed by atoms with Crippen molar-refractivity contribution in [2.24, 2.45) is 33.8 Å². The molecule has 5 heterocycles. The monoisotopic (exact) mass is 1450 g/mol. The lowest BCUT2D eigenvalue weighted by Gasteiger charge is -2.69. The first-order valence-corrected chi connectivity index (χ1v) is 37.0. The summed E-state index contributed by atoms with van der Waals surface area (Å²) in [6.45, 7) is 10.3. The maximum absolute atomic E-state index is 13.9. The van der Waals surface area contributed by atoms with Crippen LogP contribution in [-0.4, -0.2) is 156 Å². The van der Waals surface area contributed by atoms with Gasteiger partial charge in [0.1, 0.15) is 6.61 Å². The zero-order chi connectivity index (χ0) is 73.6. The van der Waals surface area contributed by atoms with Crippen LogP contribution >= 0.6 is 11.3 Å². The van der Waals surface area contributed by atoms with E-state index in [1.807, 2.05) is 35.9 Å². The second kappa shape index (κ2) is 31.0. The van der Waals surface area contributed by atoms with Gasteiger partial charge in [-0.1, -0.05) is 75.8 Å². The number of thiazole rings is 1. The van der Waals surface area contributed by atoms with Crippen LogP contribution in [0.1, 0.15) is 143 Å². The Hall–Kier alpha value is -9.84. The highest BCUT2D eigenvalue weighted by Crippen LogP contribution is 2.72. The summed E-state index contributed by atoms with van der Waals surface area (Å²) in [5.41, 5.74) is 9.06. The van der Waals surface area contributed by atoms with Crippen molar-refractivity contribution in [2.45, 2.75) is 143 Å². The zero-order valence-electron chi connectivity index (χ0n) is 58.2. The molecule has 5 aliphatic rings. The predicted octanol–water partition coefficient (Wildman–Crippen LogP) is 10.3. The maximum atomic E-state index is 13.9. The number of rotatable bonds is 33. The number of fused-ring (bicyclic) bond motifs is 2. The Morgan fingerprint density at radius 2 is 1.53 bits per heavy atom. The number of nitrogens with zero attached hydrogens (tertiary/aromatic N) is 7. The number of carboxylic acid groups (broad SMARTS) is 1. The van der Waals surface area contributed by atoms with Gasteiger partial charge in [0.2, 0.25) is 11.8 Å². The molecular formula is C74H86N12O15S2. The number of para-hydroxylation sites is 1. The molecule has 3 aromatic carbocycles. The number of nitrogens with one attached hydrogen (secondary N) is 4. The van der Waals surface area contributed by atoms with Crippen molar-refractivity contribution in [2.75, 3.05) is 49.2 Å². The Bertz CT molecular complexity index is 4520. The van der Waals surface area contributed by atoms with Crippen LogP contribution in [0.5, 0.6) is 0 Å². The van der Waals surface area contributed by atoms with Crippen molar-refractivity contribution >= 4 is 107 Å². The van der Waals surface area contributed by atoms with Crippen molar-refractivity contribution in [1.82, 2.24) is 45.2 Å². The van der Waals surface area contributed by atoms with Crippen molar-refractivity contribution in [3.63, 3.8) is 0 Å². The molecule has 2 unspecified atom stereocenters. The van der Waals surface area contributed by atoms with Gasteiger partial charge in [0.25, 0.3) is 27.8 Å². The van der Waals surface area contributed by atoms with Crippen molar-refractivity contribution in [1.29, 1.82) is 0 Å². The van der Waals surface area contributed by atoms with Crippen LogP contribution in [0.4, 0.5) is 20.4 Å². The van der Waals surface area contributed by atoms with E-state index in [2.05, 4.69) is 50.1 Å². The van der Waals surface area contributed by atoms with Crippen LogP contribution in [0.25, 0.3) is 43.5 Å². The summed E-state index contributed by atoms with van der Waals surface area (Å²) in [6.07, 6.45) is 11.7. The number of carbonyl (C=O) groups is 9. The van der Waals surface area contributed by atoms with E-state index in [0.717, 1.165) is 52.9 Å². The smallest absolute Gasteiger partial charge is 0.410 e. The summed E-state index contributed by atoms with van der Waals surface area (Å²) in [5, 5.41) is 27.7. The molecule has 12 rings (SSSR count). The molecule has 103 heavy (non-hydrogen) atoms.